The number of rotatable bonds is 3. The van der Waals surface area contributed by atoms with Gasteiger partial charge in [0.1, 0.15) is 6.54 Å². The maximum atomic E-state index is 12.2. The zero-order valence-electron chi connectivity index (χ0n) is 10.4. The van der Waals surface area contributed by atoms with Crippen LogP contribution in [0.5, 0.6) is 0 Å². The number of nitrogens with zero attached hydrogens (tertiary/aromatic N) is 3. The molecule has 1 unspecified atom stereocenters. The molecule has 0 spiro atoms. The highest BCUT2D eigenvalue weighted by Crippen LogP contribution is 2.17. The van der Waals surface area contributed by atoms with Crippen molar-refractivity contribution in [3.63, 3.8) is 0 Å². The van der Waals surface area contributed by atoms with Crippen molar-refractivity contribution >= 4 is 11.9 Å². The molecule has 2 heterocycles. The fourth-order valence-corrected chi connectivity index (χ4v) is 2.26. The summed E-state index contributed by atoms with van der Waals surface area (Å²) in [5, 5.41) is 12.5. The quantitative estimate of drug-likeness (QED) is 0.863. The van der Waals surface area contributed by atoms with Crippen molar-refractivity contribution in [1.29, 1.82) is 0 Å². The minimum absolute atomic E-state index is 0.0572. The molecule has 0 bridgehead atoms. The van der Waals surface area contributed by atoms with E-state index in [1.54, 1.807) is 0 Å². The molecule has 1 atom stereocenters. The summed E-state index contributed by atoms with van der Waals surface area (Å²) >= 11 is 0. The van der Waals surface area contributed by atoms with E-state index in [1.807, 2.05) is 4.90 Å². The van der Waals surface area contributed by atoms with Gasteiger partial charge in [-0.25, -0.2) is 0 Å². The number of carboxylic acid groups (broad SMARTS) is 1. The van der Waals surface area contributed by atoms with Gasteiger partial charge in [-0.15, -0.1) is 0 Å². The monoisotopic (exact) mass is 251 g/mol. The number of carbonyl (C=O) groups is 2. The third-order valence-corrected chi connectivity index (χ3v) is 3.12. The number of aliphatic carboxylic acids is 1. The van der Waals surface area contributed by atoms with Crippen molar-refractivity contribution < 1.29 is 14.7 Å². The van der Waals surface area contributed by atoms with E-state index in [1.165, 1.54) is 17.1 Å². The molecule has 98 valence electrons. The van der Waals surface area contributed by atoms with E-state index in [4.69, 9.17) is 5.11 Å². The number of aromatic nitrogens is 2. The minimum Gasteiger partial charge on any atom is -0.480 e. The summed E-state index contributed by atoms with van der Waals surface area (Å²) in [7, 11) is 0. The van der Waals surface area contributed by atoms with Crippen LogP contribution >= 0.6 is 0 Å². The zero-order chi connectivity index (χ0) is 13.1. The second-order valence-corrected chi connectivity index (χ2v) is 4.82. The maximum Gasteiger partial charge on any atom is 0.325 e. The molecule has 1 N–H and O–H groups in total. The van der Waals surface area contributed by atoms with Crippen LogP contribution in [0.15, 0.2) is 12.4 Å². The highest BCUT2D eigenvalue weighted by Gasteiger charge is 2.23. The lowest BCUT2D eigenvalue weighted by Gasteiger charge is -2.30. The average molecular weight is 251 g/mol. The lowest BCUT2D eigenvalue weighted by molar-refractivity contribution is -0.137. The molecule has 0 aromatic carbocycles. The number of carbonyl (C=O) groups excluding carboxylic acids is 1. The third kappa shape index (κ3) is 2.88. The van der Waals surface area contributed by atoms with Crippen LogP contribution in [-0.4, -0.2) is 44.8 Å². The first-order chi connectivity index (χ1) is 8.56. The number of amides is 1. The van der Waals surface area contributed by atoms with E-state index in [0.717, 1.165) is 25.9 Å². The Morgan fingerprint density at radius 3 is 3.00 bits per heavy atom. The fourth-order valence-electron chi connectivity index (χ4n) is 2.26. The zero-order valence-corrected chi connectivity index (χ0v) is 10.4. The van der Waals surface area contributed by atoms with Gasteiger partial charge in [0.25, 0.3) is 5.91 Å². The number of likely N-dealkylation sites (tertiary alicyclic amines) is 1. The molecule has 0 radical (unpaired) electrons. The predicted octanol–water partition coefficient (Wildman–Crippen LogP) is 0.840. The summed E-state index contributed by atoms with van der Waals surface area (Å²) in [5.74, 6) is -0.501. The molecule has 1 amide bonds. The summed E-state index contributed by atoms with van der Waals surface area (Å²) in [5.41, 5.74) is 0.463. The van der Waals surface area contributed by atoms with E-state index in [2.05, 4.69) is 12.0 Å². The standard InChI is InChI=1S/C12H17N3O3/c1-9-3-2-4-14(6-9)12(18)10-5-13-15(7-10)8-11(16)17/h5,7,9H,2-4,6,8H2,1H3,(H,16,17). The van der Waals surface area contributed by atoms with E-state index in [-0.39, 0.29) is 12.5 Å². The minimum atomic E-state index is -0.969. The van der Waals surface area contributed by atoms with Gasteiger partial charge >= 0.3 is 5.97 Å². The summed E-state index contributed by atoms with van der Waals surface area (Å²) in [6, 6.07) is 0. The average Bonchev–Trinajstić information content (AvgIpc) is 2.75. The summed E-state index contributed by atoms with van der Waals surface area (Å²) < 4.78 is 1.27. The highest BCUT2D eigenvalue weighted by atomic mass is 16.4. The molecule has 1 fully saturated rings. The number of carboxylic acids is 1. The van der Waals surface area contributed by atoms with Crippen LogP contribution in [0.1, 0.15) is 30.1 Å². The molecular formula is C12H17N3O3. The summed E-state index contributed by atoms with van der Waals surface area (Å²) in [6.45, 7) is 3.45. The van der Waals surface area contributed by atoms with Gasteiger partial charge in [-0.3, -0.25) is 14.3 Å². The second kappa shape index (κ2) is 5.20. The molecule has 1 aromatic rings. The van der Waals surface area contributed by atoms with Gasteiger partial charge in [0.15, 0.2) is 0 Å². The largest absolute Gasteiger partial charge is 0.480 e. The Balaban J connectivity index is 2.04. The topological polar surface area (TPSA) is 75.4 Å². The Labute approximate surface area is 105 Å². The van der Waals surface area contributed by atoms with Crippen LogP contribution in [0.2, 0.25) is 0 Å². The molecule has 1 aliphatic rings. The molecule has 2 rings (SSSR count). The van der Waals surface area contributed by atoms with Gasteiger partial charge in [0, 0.05) is 19.3 Å². The van der Waals surface area contributed by atoms with Crippen LogP contribution in [0.4, 0.5) is 0 Å². The molecule has 0 aliphatic carbocycles. The molecule has 6 nitrogen and oxygen atoms in total. The number of piperidine rings is 1. The van der Waals surface area contributed by atoms with Gasteiger partial charge in [0.05, 0.1) is 11.8 Å². The van der Waals surface area contributed by atoms with Gasteiger partial charge in [-0.1, -0.05) is 6.92 Å². The van der Waals surface area contributed by atoms with Crippen molar-refractivity contribution in [3.05, 3.63) is 18.0 Å². The third-order valence-electron chi connectivity index (χ3n) is 3.12. The molecular weight excluding hydrogens is 234 g/mol. The Bertz CT molecular complexity index is 455. The van der Waals surface area contributed by atoms with Crippen molar-refractivity contribution in [1.82, 2.24) is 14.7 Å². The van der Waals surface area contributed by atoms with Crippen molar-refractivity contribution in [2.75, 3.05) is 13.1 Å². The van der Waals surface area contributed by atoms with Gasteiger partial charge in [0.2, 0.25) is 0 Å². The van der Waals surface area contributed by atoms with E-state index in [9.17, 15) is 9.59 Å². The number of hydrogen-bond acceptors (Lipinski definition) is 3. The predicted molar refractivity (Wildman–Crippen MR) is 64.2 cm³/mol. The van der Waals surface area contributed by atoms with Gasteiger partial charge < -0.3 is 10.0 Å². The Morgan fingerprint density at radius 2 is 2.33 bits per heavy atom. The lowest BCUT2D eigenvalue weighted by Crippen LogP contribution is -2.38. The maximum absolute atomic E-state index is 12.2. The fraction of sp³-hybridized carbons (Fsp3) is 0.583. The van der Waals surface area contributed by atoms with Crippen molar-refractivity contribution in [2.24, 2.45) is 5.92 Å². The Hall–Kier alpha value is -1.85. The van der Waals surface area contributed by atoms with E-state index < -0.39 is 5.97 Å². The van der Waals surface area contributed by atoms with Crippen LogP contribution < -0.4 is 0 Å². The Morgan fingerprint density at radius 1 is 1.56 bits per heavy atom. The van der Waals surface area contributed by atoms with Crippen LogP contribution in [-0.2, 0) is 11.3 Å². The molecule has 0 saturated carbocycles. The molecule has 1 saturated heterocycles. The lowest BCUT2D eigenvalue weighted by atomic mass is 10.00. The first-order valence-corrected chi connectivity index (χ1v) is 6.10. The van der Waals surface area contributed by atoms with Crippen molar-refractivity contribution in [2.45, 2.75) is 26.3 Å². The molecule has 6 heteroatoms. The van der Waals surface area contributed by atoms with Gasteiger partial charge in [-0.05, 0) is 18.8 Å². The van der Waals surface area contributed by atoms with Crippen molar-refractivity contribution in [3.8, 4) is 0 Å². The van der Waals surface area contributed by atoms with Gasteiger partial charge in [-0.2, -0.15) is 5.10 Å². The van der Waals surface area contributed by atoms with E-state index >= 15 is 0 Å². The highest BCUT2D eigenvalue weighted by molar-refractivity contribution is 5.93. The van der Waals surface area contributed by atoms with Crippen LogP contribution in [0, 0.1) is 5.92 Å². The second-order valence-electron chi connectivity index (χ2n) is 4.82. The first kappa shape index (κ1) is 12.6. The van der Waals surface area contributed by atoms with Crippen LogP contribution in [0.25, 0.3) is 0 Å². The summed E-state index contributed by atoms with van der Waals surface area (Å²) in [6.07, 6.45) is 5.11. The van der Waals surface area contributed by atoms with Crippen LogP contribution in [0.3, 0.4) is 0 Å². The first-order valence-electron chi connectivity index (χ1n) is 6.10. The summed E-state index contributed by atoms with van der Waals surface area (Å²) in [4.78, 5) is 24.5. The molecule has 1 aromatic heterocycles. The Kier molecular flexibility index (Phi) is 3.64. The number of hydrogen-bond donors (Lipinski definition) is 1. The molecule has 1 aliphatic heterocycles. The smallest absolute Gasteiger partial charge is 0.325 e. The molecule has 18 heavy (non-hydrogen) atoms. The SMILES string of the molecule is CC1CCCN(C(=O)c2cnn(CC(=O)O)c2)C1. The van der Waals surface area contributed by atoms with E-state index in [0.29, 0.717) is 11.5 Å². The normalized spacial score (nSPS) is 19.8.